The molecule has 6 heteroatoms. The van der Waals surface area contributed by atoms with E-state index in [4.69, 9.17) is 19.6 Å². The maximum atomic E-state index is 11.9. The van der Waals surface area contributed by atoms with Crippen LogP contribution in [0, 0.1) is 0 Å². The molecule has 0 unspecified atom stereocenters. The number of nitrogen functional groups attached to an aromatic ring is 1. The smallest absolute Gasteiger partial charge is 0.287 e. The van der Waals surface area contributed by atoms with E-state index in [9.17, 15) is 4.79 Å². The van der Waals surface area contributed by atoms with Gasteiger partial charge in [-0.05, 0) is 30.7 Å². The van der Waals surface area contributed by atoms with Gasteiger partial charge < -0.3 is 24.9 Å². The number of hydrogen-bond donors (Lipinski definition) is 2. The minimum absolute atomic E-state index is 0.252. The van der Waals surface area contributed by atoms with Gasteiger partial charge in [0.05, 0.1) is 7.11 Å². The fourth-order valence-electron chi connectivity index (χ4n) is 2.00. The van der Waals surface area contributed by atoms with Gasteiger partial charge in [-0.2, -0.15) is 0 Å². The fraction of sp³-hybridized carbons (Fsp3) is 0.312. The number of nitrogens with one attached hydrogen (secondary N) is 1. The highest BCUT2D eigenvalue weighted by Crippen LogP contribution is 2.30. The second-order valence-electron chi connectivity index (χ2n) is 4.72. The molecular formula is C16H20N2O4. The zero-order valence-corrected chi connectivity index (χ0v) is 12.7. The lowest BCUT2D eigenvalue weighted by Crippen LogP contribution is -2.24. The van der Waals surface area contributed by atoms with Gasteiger partial charge in [0.1, 0.15) is 11.5 Å². The second kappa shape index (κ2) is 7.51. The Kier molecular flexibility index (Phi) is 5.43. The number of carbonyl (C=O) groups is 1. The van der Waals surface area contributed by atoms with Crippen LogP contribution in [0.4, 0.5) is 5.69 Å². The number of carbonyl (C=O) groups excluding carboxylic acids is 1. The Morgan fingerprint density at radius 2 is 2.09 bits per heavy atom. The van der Waals surface area contributed by atoms with E-state index in [1.165, 1.54) is 0 Å². The molecule has 3 N–H and O–H groups in total. The number of methoxy groups -OCH3 is 2. The predicted molar refractivity (Wildman–Crippen MR) is 83.9 cm³/mol. The molecule has 0 aliphatic heterocycles. The molecule has 0 atom stereocenters. The second-order valence-corrected chi connectivity index (χ2v) is 4.72. The zero-order valence-electron chi connectivity index (χ0n) is 12.7. The molecule has 2 rings (SSSR count). The molecule has 0 saturated carbocycles. The van der Waals surface area contributed by atoms with E-state index in [0.717, 1.165) is 12.0 Å². The first kappa shape index (κ1) is 15.9. The number of benzene rings is 1. The Morgan fingerprint density at radius 1 is 1.27 bits per heavy atom. The van der Waals surface area contributed by atoms with Crippen LogP contribution in [0.3, 0.4) is 0 Å². The number of furan rings is 1. The number of anilines is 1. The van der Waals surface area contributed by atoms with Gasteiger partial charge in [0.2, 0.25) is 0 Å². The van der Waals surface area contributed by atoms with Gasteiger partial charge in [0.25, 0.3) is 5.91 Å². The maximum Gasteiger partial charge on any atom is 0.287 e. The molecule has 0 aliphatic rings. The van der Waals surface area contributed by atoms with Crippen molar-refractivity contribution < 1.29 is 18.7 Å². The molecule has 1 aromatic carbocycles. The molecule has 1 amide bonds. The third-order valence-corrected chi connectivity index (χ3v) is 3.16. The first-order valence-electron chi connectivity index (χ1n) is 6.96. The summed E-state index contributed by atoms with van der Waals surface area (Å²) in [7, 11) is 3.20. The number of rotatable bonds is 7. The summed E-state index contributed by atoms with van der Waals surface area (Å²) in [6, 6.07) is 8.65. The number of ether oxygens (including phenoxy) is 2. The summed E-state index contributed by atoms with van der Waals surface area (Å²) in [4.78, 5) is 11.9. The summed E-state index contributed by atoms with van der Waals surface area (Å²) in [6.07, 6.45) is 0.751. The summed E-state index contributed by atoms with van der Waals surface area (Å²) in [5.74, 6) is 1.21. The summed E-state index contributed by atoms with van der Waals surface area (Å²) in [5, 5.41) is 2.77. The zero-order chi connectivity index (χ0) is 15.9. The van der Waals surface area contributed by atoms with Crippen LogP contribution in [0.25, 0.3) is 11.3 Å². The molecule has 118 valence electrons. The van der Waals surface area contributed by atoms with Crippen molar-refractivity contribution in [1.29, 1.82) is 0 Å². The lowest BCUT2D eigenvalue weighted by atomic mass is 10.1. The Morgan fingerprint density at radius 3 is 2.77 bits per heavy atom. The first-order chi connectivity index (χ1) is 10.7. The Hall–Kier alpha value is -2.47. The van der Waals surface area contributed by atoms with Crippen molar-refractivity contribution in [3.05, 3.63) is 36.1 Å². The Bertz CT molecular complexity index is 637. The van der Waals surface area contributed by atoms with E-state index in [0.29, 0.717) is 30.3 Å². The molecule has 2 aromatic rings. The van der Waals surface area contributed by atoms with Crippen LogP contribution < -0.4 is 15.8 Å². The average Bonchev–Trinajstić information content (AvgIpc) is 3.01. The number of nitrogens with two attached hydrogens (primary N) is 1. The quantitative estimate of drug-likeness (QED) is 0.605. The van der Waals surface area contributed by atoms with E-state index >= 15 is 0 Å². The standard InChI is InChI=1S/C16H20N2O4/c1-20-9-3-8-18-16(19)15-7-6-14(22-15)12-5-4-11(21-2)10-13(12)17/h4-7,10H,3,8-9,17H2,1-2H3,(H,18,19). The molecule has 0 saturated heterocycles. The first-order valence-corrected chi connectivity index (χ1v) is 6.96. The van der Waals surface area contributed by atoms with Gasteiger partial charge >= 0.3 is 0 Å². The van der Waals surface area contributed by atoms with Crippen molar-refractivity contribution >= 4 is 11.6 Å². The van der Waals surface area contributed by atoms with Crippen molar-refractivity contribution in [2.45, 2.75) is 6.42 Å². The van der Waals surface area contributed by atoms with Gasteiger partial charge in [-0.1, -0.05) is 0 Å². The Balaban J connectivity index is 2.06. The lowest BCUT2D eigenvalue weighted by molar-refractivity contribution is 0.0922. The van der Waals surface area contributed by atoms with E-state index in [-0.39, 0.29) is 11.7 Å². The van der Waals surface area contributed by atoms with Gasteiger partial charge in [-0.3, -0.25) is 4.79 Å². The summed E-state index contributed by atoms with van der Waals surface area (Å²) >= 11 is 0. The van der Waals surface area contributed by atoms with Crippen LogP contribution >= 0.6 is 0 Å². The van der Waals surface area contributed by atoms with Gasteiger partial charge in [-0.25, -0.2) is 0 Å². The van der Waals surface area contributed by atoms with Crippen LogP contribution in [0.2, 0.25) is 0 Å². The number of amides is 1. The summed E-state index contributed by atoms with van der Waals surface area (Å²) in [6.45, 7) is 1.14. The molecule has 0 aliphatic carbocycles. The summed E-state index contributed by atoms with van der Waals surface area (Å²) < 4.78 is 15.6. The molecule has 1 heterocycles. The Labute approximate surface area is 129 Å². The van der Waals surface area contributed by atoms with Crippen molar-refractivity contribution in [3.63, 3.8) is 0 Å². The highest BCUT2D eigenvalue weighted by Gasteiger charge is 2.13. The molecule has 0 fully saturated rings. The monoisotopic (exact) mass is 304 g/mol. The third-order valence-electron chi connectivity index (χ3n) is 3.16. The molecule has 6 nitrogen and oxygen atoms in total. The molecule has 0 bridgehead atoms. The average molecular weight is 304 g/mol. The van der Waals surface area contributed by atoms with Crippen molar-refractivity contribution in [2.75, 3.05) is 33.1 Å². The minimum Gasteiger partial charge on any atom is -0.497 e. The van der Waals surface area contributed by atoms with E-state index in [2.05, 4.69) is 5.32 Å². The van der Waals surface area contributed by atoms with E-state index in [1.54, 1.807) is 44.6 Å². The highest BCUT2D eigenvalue weighted by molar-refractivity contribution is 5.92. The van der Waals surface area contributed by atoms with Crippen LogP contribution in [-0.4, -0.2) is 33.3 Å². The maximum absolute atomic E-state index is 11.9. The van der Waals surface area contributed by atoms with E-state index in [1.807, 2.05) is 0 Å². The minimum atomic E-state index is -0.255. The number of hydrogen-bond acceptors (Lipinski definition) is 5. The van der Waals surface area contributed by atoms with E-state index < -0.39 is 0 Å². The SMILES string of the molecule is COCCCNC(=O)c1ccc(-c2ccc(OC)cc2N)o1. The predicted octanol–water partition coefficient (Wildman–Crippen LogP) is 2.30. The third kappa shape index (κ3) is 3.79. The topological polar surface area (TPSA) is 86.7 Å². The largest absolute Gasteiger partial charge is 0.497 e. The van der Waals surface area contributed by atoms with Crippen LogP contribution in [0.5, 0.6) is 5.75 Å². The molecule has 22 heavy (non-hydrogen) atoms. The summed E-state index contributed by atoms with van der Waals surface area (Å²) in [5.41, 5.74) is 7.22. The molecule has 1 aromatic heterocycles. The van der Waals surface area contributed by atoms with Crippen molar-refractivity contribution in [3.8, 4) is 17.1 Å². The molecule has 0 spiro atoms. The van der Waals surface area contributed by atoms with Crippen LogP contribution in [0.1, 0.15) is 17.0 Å². The molecular weight excluding hydrogens is 284 g/mol. The molecule has 0 radical (unpaired) electrons. The highest BCUT2D eigenvalue weighted by atomic mass is 16.5. The van der Waals surface area contributed by atoms with Gasteiger partial charge in [-0.15, -0.1) is 0 Å². The van der Waals surface area contributed by atoms with Crippen molar-refractivity contribution in [1.82, 2.24) is 5.32 Å². The van der Waals surface area contributed by atoms with Crippen molar-refractivity contribution in [2.24, 2.45) is 0 Å². The van der Waals surface area contributed by atoms with Gasteiger partial charge in [0, 0.05) is 37.6 Å². The lowest BCUT2D eigenvalue weighted by Gasteiger charge is -2.06. The van der Waals surface area contributed by atoms with Crippen LogP contribution in [0.15, 0.2) is 34.7 Å². The van der Waals surface area contributed by atoms with Crippen LogP contribution in [-0.2, 0) is 4.74 Å². The normalized spacial score (nSPS) is 10.5. The van der Waals surface area contributed by atoms with Gasteiger partial charge in [0.15, 0.2) is 5.76 Å². The fourth-order valence-corrected chi connectivity index (χ4v) is 2.00.